The van der Waals surface area contributed by atoms with Crippen molar-refractivity contribution in [1.29, 1.82) is 0 Å². The second kappa shape index (κ2) is 7.95. The lowest BCUT2D eigenvalue weighted by Crippen LogP contribution is -2.14. The number of aromatic nitrogens is 5. The summed E-state index contributed by atoms with van der Waals surface area (Å²) in [4.78, 5) is 12.4. The molecule has 0 fully saturated rings. The molecule has 0 aliphatic carbocycles. The number of rotatable bonds is 6. The summed E-state index contributed by atoms with van der Waals surface area (Å²) in [6.07, 6.45) is 0. The Morgan fingerprint density at radius 2 is 2.04 bits per heavy atom. The molecule has 8 nitrogen and oxygen atoms in total. The molecule has 0 spiro atoms. The van der Waals surface area contributed by atoms with E-state index < -0.39 is 0 Å². The van der Waals surface area contributed by atoms with Gasteiger partial charge in [-0.25, -0.2) is 0 Å². The van der Waals surface area contributed by atoms with Gasteiger partial charge in [-0.3, -0.25) is 4.79 Å². The lowest BCUT2D eigenvalue weighted by Gasteiger charge is -2.08. The molecule has 0 saturated carbocycles. The van der Waals surface area contributed by atoms with Crippen LogP contribution in [0.3, 0.4) is 0 Å². The van der Waals surface area contributed by atoms with E-state index in [0.717, 1.165) is 28.6 Å². The summed E-state index contributed by atoms with van der Waals surface area (Å²) in [5, 5.41) is 12.0. The second-order valence-corrected chi connectivity index (χ2v) is 7.31. The number of anilines is 1. The molecular formula is C18H16N6O2S2. The van der Waals surface area contributed by atoms with E-state index in [9.17, 15) is 4.79 Å². The standard InChI is InChI=1S/C18H16N6O2S2/c1-24-17(11-6-3-4-9-14(11)26-2)20-21-18(24)27-10-15(25)19-12-7-5-8-13-16(12)23-28-22-13/h3-9H,10H2,1-2H3,(H,19,25). The third-order valence-electron chi connectivity index (χ3n) is 4.08. The fraction of sp³-hybridized carbons (Fsp3) is 0.167. The van der Waals surface area contributed by atoms with Crippen molar-refractivity contribution in [2.45, 2.75) is 5.16 Å². The van der Waals surface area contributed by atoms with Crippen molar-refractivity contribution in [1.82, 2.24) is 23.5 Å². The number of fused-ring (bicyclic) bond motifs is 1. The number of benzene rings is 2. The molecule has 1 amide bonds. The molecule has 28 heavy (non-hydrogen) atoms. The highest BCUT2D eigenvalue weighted by Crippen LogP contribution is 2.30. The SMILES string of the molecule is COc1ccccc1-c1nnc(SCC(=O)Nc2cccc3nsnc23)n1C. The highest BCUT2D eigenvalue weighted by molar-refractivity contribution is 7.99. The van der Waals surface area contributed by atoms with Crippen molar-refractivity contribution in [2.24, 2.45) is 7.05 Å². The molecule has 0 radical (unpaired) electrons. The minimum absolute atomic E-state index is 0.146. The molecule has 4 aromatic rings. The van der Waals surface area contributed by atoms with Crippen molar-refractivity contribution < 1.29 is 9.53 Å². The number of amides is 1. The predicted octanol–water partition coefficient (Wildman–Crippen LogP) is 3.23. The first-order valence-electron chi connectivity index (χ1n) is 8.34. The van der Waals surface area contributed by atoms with E-state index in [1.807, 2.05) is 54.1 Å². The second-order valence-electron chi connectivity index (χ2n) is 5.84. The number of hydrogen-bond donors (Lipinski definition) is 1. The molecule has 4 rings (SSSR count). The van der Waals surface area contributed by atoms with E-state index >= 15 is 0 Å². The summed E-state index contributed by atoms with van der Waals surface area (Å²) in [5.74, 6) is 1.45. The van der Waals surface area contributed by atoms with Gasteiger partial charge in [-0.2, -0.15) is 8.75 Å². The number of thioether (sulfide) groups is 1. The summed E-state index contributed by atoms with van der Waals surface area (Å²) in [7, 11) is 3.48. The smallest absolute Gasteiger partial charge is 0.234 e. The van der Waals surface area contributed by atoms with Gasteiger partial charge in [0.2, 0.25) is 5.91 Å². The monoisotopic (exact) mass is 412 g/mol. The van der Waals surface area contributed by atoms with Crippen molar-refractivity contribution in [2.75, 3.05) is 18.2 Å². The average Bonchev–Trinajstić information content (AvgIpc) is 3.33. The van der Waals surface area contributed by atoms with Crippen LogP contribution in [-0.4, -0.2) is 42.3 Å². The van der Waals surface area contributed by atoms with E-state index in [1.54, 1.807) is 7.11 Å². The maximum atomic E-state index is 12.4. The lowest BCUT2D eigenvalue weighted by atomic mass is 10.2. The fourth-order valence-corrected chi connectivity index (χ4v) is 3.99. The van der Waals surface area contributed by atoms with Gasteiger partial charge in [0.1, 0.15) is 16.8 Å². The topological polar surface area (TPSA) is 94.8 Å². The number of methoxy groups -OCH3 is 1. The largest absolute Gasteiger partial charge is 0.496 e. The van der Waals surface area contributed by atoms with E-state index in [-0.39, 0.29) is 11.7 Å². The molecule has 0 atom stereocenters. The van der Waals surface area contributed by atoms with E-state index in [1.165, 1.54) is 11.8 Å². The molecule has 0 aliphatic rings. The zero-order valence-corrected chi connectivity index (χ0v) is 16.8. The zero-order chi connectivity index (χ0) is 19.5. The molecule has 10 heteroatoms. The normalized spacial score (nSPS) is 10.9. The Hall–Kier alpha value is -2.98. The molecule has 142 valence electrons. The Morgan fingerprint density at radius 3 is 2.89 bits per heavy atom. The number of carbonyl (C=O) groups is 1. The van der Waals surface area contributed by atoms with Gasteiger partial charge in [-0.15, -0.1) is 10.2 Å². The summed E-state index contributed by atoms with van der Waals surface area (Å²) in [6, 6.07) is 13.1. The fourth-order valence-electron chi connectivity index (χ4n) is 2.73. The highest BCUT2D eigenvalue weighted by atomic mass is 32.2. The van der Waals surface area contributed by atoms with Crippen molar-refractivity contribution in [3.05, 3.63) is 42.5 Å². The molecule has 0 aliphatic heterocycles. The van der Waals surface area contributed by atoms with Crippen LogP contribution >= 0.6 is 23.5 Å². The van der Waals surface area contributed by atoms with Gasteiger partial charge in [0.25, 0.3) is 0 Å². The van der Waals surface area contributed by atoms with E-state index in [4.69, 9.17) is 4.74 Å². The summed E-state index contributed by atoms with van der Waals surface area (Å²) >= 11 is 2.44. The minimum Gasteiger partial charge on any atom is -0.496 e. The third kappa shape index (κ3) is 3.56. The first-order chi connectivity index (χ1) is 13.7. The third-order valence-corrected chi connectivity index (χ3v) is 5.64. The summed E-state index contributed by atoms with van der Waals surface area (Å²) < 4.78 is 15.7. The van der Waals surface area contributed by atoms with Gasteiger partial charge in [-0.1, -0.05) is 30.0 Å². The van der Waals surface area contributed by atoms with Crippen LogP contribution in [-0.2, 0) is 11.8 Å². The zero-order valence-electron chi connectivity index (χ0n) is 15.1. The van der Waals surface area contributed by atoms with Gasteiger partial charge in [-0.05, 0) is 24.3 Å². The molecule has 2 aromatic carbocycles. The number of para-hydroxylation sites is 1. The van der Waals surface area contributed by atoms with Crippen LogP contribution in [0.5, 0.6) is 5.75 Å². The van der Waals surface area contributed by atoms with Crippen LogP contribution < -0.4 is 10.1 Å². The number of nitrogens with one attached hydrogen (secondary N) is 1. The Labute approximate surface area is 169 Å². The maximum Gasteiger partial charge on any atom is 0.234 e. The van der Waals surface area contributed by atoms with Crippen LogP contribution in [0, 0.1) is 0 Å². The Kier molecular flexibility index (Phi) is 5.22. The van der Waals surface area contributed by atoms with Crippen LogP contribution in [0.15, 0.2) is 47.6 Å². The Bertz CT molecular complexity index is 1140. The van der Waals surface area contributed by atoms with Gasteiger partial charge in [0.15, 0.2) is 11.0 Å². The van der Waals surface area contributed by atoms with Gasteiger partial charge < -0.3 is 14.6 Å². The van der Waals surface area contributed by atoms with E-state index in [2.05, 4.69) is 24.3 Å². The highest BCUT2D eigenvalue weighted by Gasteiger charge is 2.16. The quantitative estimate of drug-likeness (QED) is 0.486. The Balaban J connectivity index is 1.46. The van der Waals surface area contributed by atoms with Crippen LogP contribution in [0.25, 0.3) is 22.4 Å². The first-order valence-corrected chi connectivity index (χ1v) is 10.1. The Morgan fingerprint density at radius 1 is 1.18 bits per heavy atom. The molecular weight excluding hydrogens is 396 g/mol. The minimum atomic E-state index is -0.146. The molecule has 0 bridgehead atoms. The number of carbonyl (C=O) groups excluding carboxylic acids is 1. The lowest BCUT2D eigenvalue weighted by molar-refractivity contribution is -0.113. The molecule has 0 saturated heterocycles. The molecule has 2 aromatic heterocycles. The van der Waals surface area contributed by atoms with Gasteiger partial charge in [0.05, 0.1) is 35.8 Å². The van der Waals surface area contributed by atoms with Crippen LogP contribution in [0.4, 0.5) is 5.69 Å². The number of nitrogens with zero attached hydrogens (tertiary/aromatic N) is 5. The van der Waals surface area contributed by atoms with Gasteiger partial charge >= 0.3 is 0 Å². The average molecular weight is 413 g/mol. The summed E-state index contributed by atoms with van der Waals surface area (Å²) in [5.41, 5.74) is 2.97. The van der Waals surface area contributed by atoms with Gasteiger partial charge in [0, 0.05) is 7.05 Å². The summed E-state index contributed by atoms with van der Waals surface area (Å²) in [6.45, 7) is 0. The number of ether oxygens (including phenoxy) is 1. The molecule has 1 N–H and O–H groups in total. The van der Waals surface area contributed by atoms with Crippen LogP contribution in [0.2, 0.25) is 0 Å². The predicted molar refractivity (Wildman–Crippen MR) is 110 cm³/mol. The first kappa shape index (κ1) is 18.4. The van der Waals surface area contributed by atoms with Crippen molar-refractivity contribution in [3.8, 4) is 17.1 Å². The maximum absolute atomic E-state index is 12.4. The molecule has 0 unspecified atom stereocenters. The van der Waals surface area contributed by atoms with E-state index in [0.29, 0.717) is 22.2 Å². The molecule has 2 heterocycles. The van der Waals surface area contributed by atoms with Crippen molar-refractivity contribution >= 4 is 46.1 Å². The van der Waals surface area contributed by atoms with Crippen molar-refractivity contribution in [3.63, 3.8) is 0 Å². The van der Waals surface area contributed by atoms with Crippen LogP contribution in [0.1, 0.15) is 0 Å². The number of hydrogen-bond acceptors (Lipinski definition) is 8.